The Morgan fingerprint density at radius 3 is 2.55 bits per heavy atom. The van der Waals surface area contributed by atoms with Crippen molar-refractivity contribution in [2.24, 2.45) is 0 Å². The Kier molecular flexibility index (Phi) is 7.93. The van der Waals surface area contributed by atoms with E-state index in [0.717, 1.165) is 36.2 Å². The molecule has 0 atom stereocenters. The van der Waals surface area contributed by atoms with E-state index in [4.69, 9.17) is 5.26 Å². The molecule has 1 aromatic heterocycles. The highest BCUT2D eigenvalue weighted by Crippen LogP contribution is 2.32. The molecule has 1 N–H and O–H groups in total. The van der Waals surface area contributed by atoms with Gasteiger partial charge in [0.25, 0.3) is 5.91 Å². The number of rotatable bonds is 7. The molecule has 0 aliphatic heterocycles. The number of nitrogens with zero attached hydrogens (tertiary/aromatic N) is 4. The summed E-state index contributed by atoms with van der Waals surface area (Å²) in [5.41, 5.74) is 1.67. The van der Waals surface area contributed by atoms with Crippen molar-refractivity contribution >= 4 is 45.9 Å². The maximum absolute atomic E-state index is 13.2. The van der Waals surface area contributed by atoms with Gasteiger partial charge in [0.15, 0.2) is 5.13 Å². The molecule has 1 fully saturated rings. The molecular formula is C22H27N5O2S2. The van der Waals surface area contributed by atoms with Gasteiger partial charge >= 0.3 is 0 Å². The molecule has 164 valence electrons. The number of hydrogen-bond acceptors (Lipinski definition) is 7. The molecule has 0 bridgehead atoms. The molecule has 1 aromatic carbocycles. The molecule has 1 aliphatic carbocycles. The van der Waals surface area contributed by atoms with Gasteiger partial charge in [0.05, 0.1) is 11.6 Å². The summed E-state index contributed by atoms with van der Waals surface area (Å²) in [6.45, 7) is 1.97. The van der Waals surface area contributed by atoms with E-state index in [2.05, 4.69) is 15.8 Å². The number of carbonyl (C=O) groups is 2. The van der Waals surface area contributed by atoms with Crippen LogP contribution in [0.4, 0.5) is 10.8 Å². The van der Waals surface area contributed by atoms with Crippen LogP contribution in [0, 0.1) is 18.3 Å². The second-order valence-electron chi connectivity index (χ2n) is 7.58. The number of likely N-dealkylation sites (N-methyl/N-ethyl adjacent to an activating group) is 1. The van der Waals surface area contributed by atoms with E-state index in [0.29, 0.717) is 16.4 Å². The van der Waals surface area contributed by atoms with E-state index in [1.807, 2.05) is 35.9 Å². The van der Waals surface area contributed by atoms with Gasteiger partial charge in [0.1, 0.15) is 12.2 Å². The van der Waals surface area contributed by atoms with Crippen LogP contribution in [-0.4, -0.2) is 47.6 Å². The average Bonchev–Trinajstić information content (AvgIpc) is 3.19. The van der Waals surface area contributed by atoms with E-state index in [-0.39, 0.29) is 24.4 Å². The molecule has 1 saturated carbocycles. The lowest BCUT2D eigenvalue weighted by Crippen LogP contribution is -2.43. The van der Waals surface area contributed by atoms with Gasteiger partial charge in [-0.2, -0.15) is 5.26 Å². The van der Waals surface area contributed by atoms with E-state index in [1.54, 1.807) is 18.4 Å². The first-order valence-electron chi connectivity index (χ1n) is 10.3. The van der Waals surface area contributed by atoms with Crippen LogP contribution >= 0.6 is 23.3 Å². The van der Waals surface area contributed by atoms with E-state index >= 15 is 0 Å². The minimum atomic E-state index is -0.252. The Morgan fingerprint density at radius 1 is 1.26 bits per heavy atom. The van der Waals surface area contributed by atoms with Crippen LogP contribution in [0.1, 0.15) is 53.0 Å². The second kappa shape index (κ2) is 10.6. The smallest absolute Gasteiger partial charge is 0.280 e. The number of carbonyl (C=O) groups excluding carboxylic acids is 2. The molecule has 2 aromatic rings. The summed E-state index contributed by atoms with van der Waals surface area (Å²) in [6.07, 6.45) is 7.39. The van der Waals surface area contributed by atoms with Crippen molar-refractivity contribution in [2.75, 3.05) is 24.7 Å². The summed E-state index contributed by atoms with van der Waals surface area (Å²) in [7, 11) is 1.87. The summed E-state index contributed by atoms with van der Waals surface area (Å²) in [5.74, 6) is -0.239. The van der Waals surface area contributed by atoms with Gasteiger partial charge in [-0.05, 0) is 44.0 Å². The van der Waals surface area contributed by atoms with Crippen LogP contribution in [-0.2, 0) is 4.79 Å². The van der Waals surface area contributed by atoms with Crippen LogP contribution in [0.15, 0.2) is 24.3 Å². The Bertz CT molecular complexity index is 961. The van der Waals surface area contributed by atoms with Crippen LogP contribution in [0.3, 0.4) is 0 Å². The highest BCUT2D eigenvalue weighted by atomic mass is 32.2. The quantitative estimate of drug-likeness (QED) is 0.625. The zero-order chi connectivity index (χ0) is 22.4. The average molecular weight is 458 g/mol. The molecule has 1 heterocycles. The van der Waals surface area contributed by atoms with Gasteiger partial charge in [0.2, 0.25) is 5.91 Å². The number of nitrogens with one attached hydrogen (secondary N) is 1. The summed E-state index contributed by atoms with van der Waals surface area (Å²) in [4.78, 5) is 34.5. The molecule has 3 rings (SSSR count). The number of thiazole rings is 1. The second-order valence-corrected chi connectivity index (χ2v) is 9.37. The van der Waals surface area contributed by atoms with Crippen LogP contribution in [0.5, 0.6) is 0 Å². The molecule has 0 spiro atoms. The SMILES string of the molecule is CSNC(=O)c1nc(N(CC(=O)N(C)C2CCCCC2)c2ccc(C#N)cc2)sc1C. The number of benzene rings is 1. The number of anilines is 2. The molecule has 0 saturated heterocycles. The molecule has 0 radical (unpaired) electrons. The van der Waals surface area contributed by atoms with Crippen LogP contribution in [0.25, 0.3) is 0 Å². The van der Waals surface area contributed by atoms with Gasteiger partial charge in [-0.15, -0.1) is 11.3 Å². The number of nitriles is 1. The van der Waals surface area contributed by atoms with Crippen molar-refractivity contribution < 1.29 is 9.59 Å². The van der Waals surface area contributed by atoms with E-state index in [9.17, 15) is 9.59 Å². The van der Waals surface area contributed by atoms with Crippen molar-refractivity contribution in [1.82, 2.24) is 14.6 Å². The molecular weight excluding hydrogens is 430 g/mol. The molecule has 1 aliphatic rings. The first kappa shape index (κ1) is 23.1. The minimum absolute atomic E-state index is 0.0132. The highest BCUT2D eigenvalue weighted by molar-refractivity contribution is 7.97. The van der Waals surface area contributed by atoms with Crippen LogP contribution < -0.4 is 9.62 Å². The van der Waals surface area contributed by atoms with Gasteiger partial charge < -0.3 is 9.80 Å². The number of aromatic nitrogens is 1. The Balaban J connectivity index is 1.89. The molecule has 0 unspecified atom stereocenters. The maximum Gasteiger partial charge on any atom is 0.280 e. The topological polar surface area (TPSA) is 89.3 Å². The minimum Gasteiger partial charge on any atom is -0.341 e. The fraction of sp³-hybridized carbons (Fsp3) is 0.455. The van der Waals surface area contributed by atoms with Gasteiger partial charge in [-0.1, -0.05) is 31.2 Å². The number of aryl methyl sites for hydroxylation is 1. The van der Waals surface area contributed by atoms with E-state index < -0.39 is 0 Å². The normalized spacial score (nSPS) is 14.0. The summed E-state index contributed by atoms with van der Waals surface area (Å²) >= 11 is 2.60. The third-order valence-corrected chi connectivity index (χ3v) is 6.93. The molecule has 2 amide bonds. The first-order valence-corrected chi connectivity index (χ1v) is 12.3. The van der Waals surface area contributed by atoms with Gasteiger partial charge in [-0.3, -0.25) is 14.3 Å². The Labute approximate surface area is 191 Å². The van der Waals surface area contributed by atoms with Crippen molar-refractivity contribution in [1.29, 1.82) is 5.26 Å². The summed E-state index contributed by atoms with van der Waals surface area (Å²) in [5, 5.41) is 9.70. The van der Waals surface area contributed by atoms with Crippen LogP contribution in [0.2, 0.25) is 0 Å². The fourth-order valence-electron chi connectivity index (χ4n) is 3.75. The third kappa shape index (κ3) is 5.57. The van der Waals surface area contributed by atoms with E-state index in [1.165, 1.54) is 29.7 Å². The maximum atomic E-state index is 13.2. The standard InChI is InChI=1S/C22H27N5O2S2/c1-15-20(21(29)25-30-3)24-22(31-15)27(18-11-9-16(13-23)10-12-18)14-19(28)26(2)17-7-5-4-6-8-17/h9-12,17H,4-8,14H2,1-3H3,(H,25,29). The predicted octanol–water partition coefficient (Wildman–Crippen LogP) is 4.26. The largest absolute Gasteiger partial charge is 0.341 e. The Morgan fingerprint density at radius 2 is 1.94 bits per heavy atom. The van der Waals surface area contributed by atoms with Crippen molar-refractivity contribution in [3.63, 3.8) is 0 Å². The molecule has 9 heteroatoms. The summed E-state index contributed by atoms with van der Waals surface area (Å²) < 4.78 is 2.70. The third-order valence-electron chi connectivity index (χ3n) is 5.54. The molecule has 31 heavy (non-hydrogen) atoms. The van der Waals surface area contributed by atoms with Gasteiger partial charge in [0, 0.05) is 29.9 Å². The van der Waals surface area contributed by atoms with Gasteiger partial charge in [-0.25, -0.2) is 4.98 Å². The lowest BCUT2D eigenvalue weighted by Gasteiger charge is -2.33. The zero-order valence-electron chi connectivity index (χ0n) is 18.1. The van der Waals surface area contributed by atoms with Crippen molar-refractivity contribution in [2.45, 2.75) is 45.1 Å². The molecule has 7 nitrogen and oxygen atoms in total. The van der Waals surface area contributed by atoms with Crippen molar-refractivity contribution in [3.8, 4) is 6.07 Å². The van der Waals surface area contributed by atoms with Crippen molar-refractivity contribution in [3.05, 3.63) is 40.4 Å². The number of hydrogen-bond donors (Lipinski definition) is 1. The highest BCUT2D eigenvalue weighted by Gasteiger charge is 2.26. The first-order chi connectivity index (χ1) is 14.9. The summed E-state index contributed by atoms with van der Waals surface area (Å²) in [6, 6.07) is 9.45. The monoisotopic (exact) mass is 457 g/mol. The lowest BCUT2D eigenvalue weighted by atomic mass is 9.94. The number of amides is 2. The zero-order valence-corrected chi connectivity index (χ0v) is 19.7. The Hall–Kier alpha value is -2.57. The lowest BCUT2D eigenvalue weighted by molar-refractivity contribution is -0.130. The predicted molar refractivity (Wildman–Crippen MR) is 126 cm³/mol. The fourth-order valence-corrected chi connectivity index (χ4v) is 4.96.